The van der Waals surface area contributed by atoms with Crippen LogP contribution in [0.1, 0.15) is 12.5 Å². The molecular formula is C11H12BrNS. The number of nitrogens with zero attached hydrogens (tertiary/aromatic N) is 1. The van der Waals surface area contributed by atoms with Crippen LogP contribution in [0.25, 0.3) is 10.9 Å². The summed E-state index contributed by atoms with van der Waals surface area (Å²) in [7, 11) is 0. The smallest absolute Gasteiger partial charge is 0.0627 e. The molecule has 0 radical (unpaired) electrons. The van der Waals surface area contributed by atoms with Crippen LogP contribution in [0, 0.1) is 0 Å². The first kappa shape index (κ1) is 10.1. The lowest BCUT2D eigenvalue weighted by Gasteiger charge is -2.01. The first-order valence-electron chi connectivity index (χ1n) is 4.65. The van der Waals surface area contributed by atoms with Crippen molar-refractivity contribution in [1.82, 2.24) is 4.57 Å². The maximum absolute atomic E-state index is 4.34. The standard InChI is InChI=1S/C11H12BrNS/c1-2-13-6-8(7-14)9-4-3-5-10(12)11(9)13/h3-6,14H,2,7H2,1H3. The molecule has 1 nitrogen and oxygen atoms in total. The summed E-state index contributed by atoms with van der Waals surface area (Å²) in [5.74, 6) is 0.792. The van der Waals surface area contributed by atoms with E-state index in [4.69, 9.17) is 0 Å². The Morgan fingerprint density at radius 2 is 2.21 bits per heavy atom. The van der Waals surface area contributed by atoms with Crippen molar-refractivity contribution in [3.63, 3.8) is 0 Å². The van der Waals surface area contributed by atoms with E-state index in [1.165, 1.54) is 16.5 Å². The Morgan fingerprint density at radius 1 is 1.43 bits per heavy atom. The highest BCUT2D eigenvalue weighted by Gasteiger charge is 2.08. The van der Waals surface area contributed by atoms with Crippen LogP contribution < -0.4 is 0 Å². The third kappa shape index (κ3) is 1.48. The molecule has 1 heterocycles. The zero-order valence-electron chi connectivity index (χ0n) is 8.00. The average molecular weight is 270 g/mol. The third-order valence-electron chi connectivity index (χ3n) is 2.44. The van der Waals surface area contributed by atoms with Gasteiger partial charge in [-0.15, -0.1) is 0 Å². The molecule has 0 aliphatic carbocycles. The van der Waals surface area contributed by atoms with Gasteiger partial charge >= 0.3 is 0 Å². The summed E-state index contributed by atoms with van der Waals surface area (Å²) in [5, 5.41) is 1.30. The second kappa shape index (κ2) is 3.99. The molecule has 0 unspecified atom stereocenters. The van der Waals surface area contributed by atoms with E-state index in [1.807, 2.05) is 0 Å². The summed E-state index contributed by atoms with van der Waals surface area (Å²) in [6.07, 6.45) is 2.18. The predicted octanol–water partition coefficient (Wildman–Crippen LogP) is 3.85. The fourth-order valence-corrected chi connectivity index (χ4v) is 2.61. The lowest BCUT2D eigenvalue weighted by molar-refractivity contribution is 0.794. The van der Waals surface area contributed by atoms with Gasteiger partial charge in [-0.3, -0.25) is 0 Å². The summed E-state index contributed by atoms with van der Waals surface area (Å²) in [5.41, 5.74) is 2.57. The lowest BCUT2D eigenvalue weighted by Crippen LogP contribution is -1.90. The number of thiol groups is 1. The quantitative estimate of drug-likeness (QED) is 0.791. The van der Waals surface area contributed by atoms with Crippen molar-refractivity contribution in [2.45, 2.75) is 19.2 Å². The molecule has 14 heavy (non-hydrogen) atoms. The molecule has 0 aliphatic heterocycles. The molecule has 0 fully saturated rings. The molecule has 0 bridgehead atoms. The minimum absolute atomic E-state index is 0.792. The number of fused-ring (bicyclic) bond motifs is 1. The normalized spacial score (nSPS) is 11.1. The van der Waals surface area contributed by atoms with Crippen LogP contribution in [0.15, 0.2) is 28.9 Å². The van der Waals surface area contributed by atoms with Crippen LogP contribution in [0.4, 0.5) is 0 Å². The SMILES string of the molecule is CCn1cc(CS)c2cccc(Br)c21. The van der Waals surface area contributed by atoms with E-state index in [0.29, 0.717) is 0 Å². The first-order valence-corrected chi connectivity index (χ1v) is 6.07. The summed E-state index contributed by atoms with van der Waals surface area (Å²) in [6.45, 7) is 3.15. The van der Waals surface area contributed by atoms with E-state index in [0.717, 1.165) is 16.8 Å². The molecule has 1 aromatic heterocycles. The largest absolute Gasteiger partial charge is 0.347 e. The van der Waals surface area contributed by atoms with E-state index in [2.05, 4.69) is 64.4 Å². The maximum Gasteiger partial charge on any atom is 0.0627 e. The fraction of sp³-hybridized carbons (Fsp3) is 0.273. The molecule has 0 saturated heterocycles. The Kier molecular flexibility index (Phi) is 2.88. The van der Waals surface area contributed by atoms with Crippen LogP contribution in [-0.2, 0) is 12.3 Å². The number of hydrogen-bond acceptors (Lipinski definition) is 1. The fourth-order valence-electron chi connectivity index (χ4n) is 1.76. The van der Waals surface area contributed by atoms with Gasteiger partial charge in [0.2, 0.25) is 0 Å². The topological polar surface area (TPSA) is 4.93 Å². The molecular weight excluding hydrogens is 258 g/mol. The van der Waals surface area contributed by atoms with Gasteiger partial charge < -0.3 is 4.57 Å². The van der Waals surface area contributed by atoms with Crippen LogP contribution in [-0.4, -0.2) is 4.57 Å². The molecule has 2 aromatic rings. The van der Waals surface area contributed by atoms with Crippen molar-refractivity contribution in [3.8, 4) is 0 Å². The molecule has 3 heteroatoms. The second-order valence-corrected chi connectivity index (χ2v) is 4.41. The van der Waals surface area contributed by atoms with Gasteiger partial charge in [-0.05, 0) is 34.5 Å². The summed E-state index contributed by atoms with van der Waals surface area (Å²) in [4.78, 5) is 0. The van der Waals surface area contributed by atoms with E-state index in [9.17, 15) is 0 Å². The Morgan fingerprint density at radius 3 is 2.86 bits per heavy atom. The Hall–Kier alpha value is -0.410. The van der Waals surface area contributed by atoms with Gasteiger partial charge in [0.25, 0.3) is 0 Å². The Labute approximate surface area is 97.6 Å². The minimum Gasteiger partial charge on any atom is -0.347 e. The van der Waals surface area contributed by atoms with Crippen LogP contribution in [0.5, 0.6) is 0 Å². The number of aryl methyl sites for hydroxylation is 1. The van der Waals surface area contributed by atoms with Crippen molar-refractivity contribution in [1.29, 1.82) is 0 Å². The van der Waals surface area contributed by atoms with Crippen molar-refractivity contribution >= 4 is 39.5 Å². The second-order valence-electron chi connectivity index (χ2n) is 3.23. The van der Waals surface area contributed by atoms with Crippen molar-refractivity contribution < 1.29 is 0 Å². The number of aromatic nitrogens is 1. The number of para-hydroxylation sites is 1. The Balaban J connectivity index is 2.82. The lowest BCUT2D eigenvalue weighted by atomic mass is 10.2. The van der Waals surface area contributed by atoms with Crippen LogP contribution >= 0.6 is 28.6 Å². The van der Waals surface area contributed by atoms with Crippen molar-refractivity contribution in [2.75, 3.05) is 0 Å². The zero-order valence-corrected chi connectivity index (χ0v) is 10.5. The maximum atomic E-state index is 4.34. The number of halogens is 1. The van der Waals surface area contributed by atoms with Crippen LogP contribution in [0.3, 0.4) is 0 Å². The summed E-state index contributed by atoms with van der Waals surface area (Å²) in [6, 6.07) is 6.30. The van der Waals surface area contributed by atoms with E-state index >= 15 is 0 Å². The van der Waals surface area contributed by atoms with Gasteiger partial charge in [-0.25, -0.2) is 0 Å². The van der Waals surface area contributed by atoms with E-state index in [1.54, 1.807) is 0 Å². The number of rotatable bonds is 2. The minimum atomic E-state index is 0.792. The van der Waals surface area contributed by atoms with Crippen LogP contribution in [0.2, 0.25) is 0 Å². The highest BCUT2D eigenvalue weighted by atomic mass is 79.9. The molecule has 1 aromatic carbocycles. The van der Waals surface area contributed by atoms with Gasteiger partial charge in [-0.2, -0.15) is 12.6 Å². The number of benzene rings is 1. The highest BCUT2D eigenvalue weighted by Crippen LogP contribution is 2.29. The van der Waals surface area contributed by atoms with E-state index in [-0.39, 0.29) is 0 Å². The van der Waals surface area contributed by atoms with E-state index < -0.39 is 0 Å². The molecule has 0 amide bonds. The number of hydrogen-bond donors (Lipinski definition) is 1. The molecule has 0 spiro atoms. The van der Waals surface area contributed by atoms with Gasteiger partial charge in [0.1, 0.15) is 0 Å². The first-order chi connectivity index (χ1) is 6.77. The zero-order chi connectivity index (χ0) is 10.1. The molecule has 0 saturated carbocycles. The molecule has 74 valence electrons. The highest BCUT2D eigenvalue weighted by molar-refractivity contribution is 9.10. The van der Waals surface area contributed by atoms with Crippen molar-refractivity contribution in [2.24, 2.45) is 0 Å². The third-order valence-corrected chi connectivity index (χ3v) is 3.42. The Bertz CT molecular complexity index is 462. The summed E-state index contributed by atoms with van der Waals surface area (Å²) < 4.78 is 3.41. The molecule has 0 aliphatic rings. The molecule has 0 N–H and O–H groups in total. The molecule has 0 atom stereocenters. The van der Waals surface area contributed by atoms with Gasteiger partial charge in [0.05, 0.1) is 5.52 Å². The average Bonchev–Trinajstić information content (AvgIpc) is 2.57. The predicted molar refractivity (Wildman–Crippen MR) is 68.0 cm³/mol. The van der Waals surface area contributed by atoms with Gasteiger partial charge in [0.15, 0.2) is 0 Å². The van der Waals surface area contributed by atoms with Crippen molar-refractivity contribution in [3.05, 3.63) is 34.4 Å². The van der Waals surface area contributed by atoms with Gasteiger partial charge in [-0.1, -0.05) is 12.1 Å². The summed E-state index contributed by atoms with van der Waals surface area (Å²) >= 11 is 7.93. The van der Waals surface area contributed by atoms with Gasteiger partial charge in [0, 0.05) is 28.4 Å². The monoisotopic (exact) mass is 269 g/mol. The molecule has 2 rings (SSSR count).